The van der Waals surface area contributed by atoms with Gasteiger partial charge in [0.25, 0.3) is 0 Å². The van der Waals surface area contributed by atoms with Crippen molar-refractivity contribution in [2.45, 2.75) is 16.7 Å². The molecule has 164 valence electrons. The molecule has 1 saturated heterocycles. The average Bonchev–Trinajstić information content (AvgIpc) is 3.19. The second-order valence-electron chi connectivity index (χ2n) is 7.30. The first-order valence-corrected chi connectivity index (χ1v) is 11.6. The van der Waals surface area contributed by atoms with E-state index in [1.54, 1.807) is 48.5 Å². The number of hydrogen-bond donors (Lipinski definition) is 3. The van der Waals surface area contributed by atoms with E-state index in [1.807, 2.05) is 6.92 Å². The summed E-state index contributed by atoms with van der Waals surface area (Å²) in [7, 11) is -3.75. The molecule has 4 rings (SSSR count). The number of pyridine rings is 1. The standard InChI is InChI=1S/C21H26N6O3S/c1-16-15-20(26-25-16)24-21-18(31(28,29)17-5-3-2-4-6-17)7-8-19(23-21)22-9-10-27-11-13-30-14-12-27/h2-8,15H,9-14H2,1H3,(H3,22,23,24,25,26). The van der Waals surface area contributed by atoms with Gasteiger partial charge in [0.1, 0.15) is 10.7 Å². The highest BCUT2D eigenvalue weighted by molar-refractivity contribution is 7.91. The van der Waals surface area contributed by atoms with Crippen molar-refractivity contribution in [2.75, 3.05) is 50.0 Å². The summed E-state index contributed by atoms with van der Waals surface area (Å²) in [5, 5.41) is 13.3. The molecule has 0 saturated carbocycles. The number of aryl methyl sites for hydroxylation is 1. The summed E-state index contributed by atoms with van der Waals surface area (Å²) in [6.45, 7) is 6.75. The van der Waals surface area contributed by atoms with Crippen LogP contribution in [-0.2, 0) is 14.6 Å². The maximum atomic E-state index is 13.2. The minimum absolute atomic E-state index is 0.0954. The fourth-order valence-corrected chi connectivity index (χ4v) is 4.72. The van der Waals surface area contributed by atoms with Crippen LogP contribution in [0.3, 0.4) is 0 Å². The van der Waals surface area contributed by atoms with Crippen molar-refractivity contribution in [1.29, 1.82) is 0 Å². The number of aromatic amines is 1. The molecule has 31 heavy (non-hydrogen) atoms. The Morgan fingerprint density at radius 3 is 2.58 bits per heavy atom. The Morgan fingerprint density at radius 1 is 1.10 bits per heavy atom. The van der Waals surface area contributed by atoms with Crippen LogP contribution in [0.5, 0.6) is 0 Å². The molecule has 3 aromatic rings. The highest BCUT2D eigenvalue weighted by Gasteiger charge is 2.23. The number of rotatable bonds is 8. The van der Waals surface area contributed by atoms with Gasteiger partial charge >= 0.3 is 0 Å². The van der Waals surface area contributed by atoms with Gasteiger partial charge in [0.2, 0.25) is 9.84 Å². The second-order valence-corrected chi connectivity index (χ2v) is 9.22. The first-order chi connectivity index (χ1) is 15.0. The van der Waals surface area contributed by atoms with Crippen molar-refractivity contribution < 1.29 is 13.2 Å². The van der Waals surface area contributed by atoms with E-state index in [0.717, 1.165) is 38.5 Å². The zero-order valence-electron chi connectivity index (χ0n) is 17.3. The first kappa shape index (κ1) is 21.3. The number of morpholine rings is 1. The average molecular weight is 443 g/mol. The normalized spacial score (nSPS) is 15.0. The van der Waals surface area contributed by atoms with Crippen molar-refractivity contribution >= 4 is 27.3 Å². The highest BCUT2D eigenvalue weighted by atomic mass is 32.2. The number of aromatic nitrogens is 3. The van der Waals surface area contributed by atoms with Gasteiger partial charge in [-0.3, -0.25) is 10.00 Å². The van der Waals surface area contributed by atoms with E-state index in [1.165, 1.54) is 0 Å². The molecule has 1 aliphatic rings. The number of nitrogens with one attached hydrogen (secondary N) is 3. The predicted octanol–water partition coefficient (Wildman–Crippen LogP) is 2.43. The smallest absolute Gasteiger partial charge is 0.210 e. The molecule has 1 aliphatic heterocycles. The highest BCUT2D eigenvalue weighted by Crippen LogP contribution is 2.29. The third kappa shape index (κ3) is 5.22. The lowest BCUT2D eigenvalue weighted by molar-refractivity contribution is 0.0398. The third-order valence-corrected chi connectivity index (χ3v) is 6.79. The zero-order chi connectivity index (χ0) is 21.7. The molecular formula is C21H26N6O3S. The number of ether oxygens (including phenoxy) is 1. The summed E-state index contributed by atoms with van der Waals surface area (Å²) >= 11 is 0. The largest absolute Gasteiger partial charge is 0.379 e. The number of H-pyrrole nitrogens is 1. The maximum absolute atomic E-state index is 13.2. The zero-order valence-corrected chi connectivity index (χ0v) is 18.2. The van der Waals surface area contributed by atoms with Crippen LogP contribution in [-0.4, -0.2) is 67.9 Å². The lowest BCUT2D eigenvalue weighted by Gasteiger charge is -2.26. The van der Waals surface area contributed by atoms with Crippen LogP contribution < -0.4 is 10.6 Å². The third-order valence-electron chi connectivity index (χ3n) is 4.99. The van der Waals surface area contributed by atoms with Crippen LogP contribution in [0.2, 0.25) is 0 Å². The molecule has 0 bridgehead atoms. The minimum Gasteiger partial charge on any atom is -0.379 e. The van der Waals surface area contributed by atoms with Crippen LogP contribution >= 0.6 is 0 Å². The van der Waals surface area contributed by atoms with Crippen molar-refractivity contribution in [3.63, 3.8) is 0 Å². The molecule has 0 radical (unpaired) electrons. The topological polar surface area (TPSA) is 112 Å². The molecule has 0 aliphatic carbocycles. The number of nitrogens with zero attached hydrogens (tertiary/aromatic N) is 3. The van der Waals surface area contributed by atoms with Crippen LogP contribution in [0.25, 0.3) is 0 Å². The fourth-order valence-electron chi connectivity index (χ4n) is 3.35. The number of benzene rings is 1. The van der Waals surface area contributed by atoms with Crippen LogP contribution in [0.1, 0.15) is 5.69 Å². The summed E-state index contributed by atoms with van der Waals surface area (Å²) in [4.78, 5) is 7.18. The maximum Gasteiger partial charge on any atom is 0.210 e. The summed E-state index contributed by atoms with van der Waals surface area (Å²) < 4.78 is 31.8. The fraction of sp³-hybridized carbons (Fsp3) is 0.333. The Labute approximate surface area is 181 Å². The molecule has 1 fully saturated rings. The molecule has 0 atom stereocenters. The summed E-state index contributed by atoms with van der Waals surface area (Å²) in [6, 6.07) is 13.4. The Bertz CT molecular complexity index is 1110. The van der Waals surface area contributed by atoms with Gasteiger partial charge < -0.3 is 15.4 Å². The van der Waals surface area contributed by atoms with Crippen molar-refractivity contribution in [2.24, 2.45) is 0 Å². The van der Waals surface area contributed by atoms with Crippen molar-refractivity contribution in [1.82, 2.24) is 20.1 Å². The monoisotopic (exact) mass is 442 g/mol. The second kappa shape index (κ2) is 9.46. The molecule has 0 unspecified atom stereocenters. The molecule has 9 nitrogen and oxygen atoms in total. The van der Waals surface area contributed by atoms with Gasteiger partial charge in [0.15, 0.2) is 11.6 Å². The molecule has 3 N–H and O–H groups in total. The number of sulfone groups is 1. The van der Waals surface area contributed by atoms with Gasteiger partial charge in [-0.1, -0.05) is 18.2 Å². The van der Waals surface area contributed by atoms with E-state index in [0.29, 0.717) is 18.2 Å². The van der Waals surface area contributed by atoms with E-state index in [-0.39, 0.29) is 15.6 Å². The van der Waals surface area contributed by atoms with E-state index in [9.17, 15) is 8.42 Å². The molecule has 0 amide bonds. The molecule has 0 spiro atoms. The van der Waals surface area contributed by atoms with Crippen LogP contribution in [0, 0.1) is 6.92 Å². The van der Waals surface area contributed by atoms with Crippen LogP contribution in [0.4, 0.5) is 17.5 Å². The van der Waals surface area contributed by atoms with Gasteiger partial charge in [-0.25, -0.2) is 13.4 Å². The molecule has 2 aromatic heterocycles. The molecule has 3 heterocycles. The van der Waals surface area contributed by atoms with E-state index >= 15 is 0 Å². The number of hydrogen-bond acceptors (Lipinski definition) is 8. The summed E-state index contributed by atoms with van der Waals surface area (Å²) in [5.41, 5.74) is 0.856. The number of anilines is 3. The Morgan fingerprint density at radius 2 is 1.87 bits per heavy atom. The quantitative estimate of drug-likeness (QED) is 0.488. The van der Waals surface area contributed by atoms with Gasteiger partial charge in [-0.15, -0.1) is 0 Å². The van der Waals surface area contributed by atoms with E-state index in [2.05, 4.69) is 30.7 Å². The summed E-state index contributed by atoms with van der Waals surface area (Å²) in [5.74, 6) is 1.32. The predicted molar refractivity (Wildman–Crippen MR) is 118 cm³/mol. The van der Waals surface area contributed by atoms with Crippen molar-refractivity contribution in [3.8, 4) is 0 Å². The lowest BCUT2D eigenvalue weighted by atomic mass is 10.4. The van der Waals surface area contributed by atoms with E-state index in [4.69, 9.17) is 4.74 Å². The van der Waals surface area contributed by atoms with Gasteiger partial charge in [-0.2, -0.15) is 5.10 Å². The Kier molecular flexibility index (Phi) is 6.50. The molecular weight excluding hydrogens is 416 g/mol. The van der Waals surface area contributed by atoms with Gasteiger partial charge in [0, 0.05) is 37.9 Å². The lowest BCUT2D eigenvalue weighted by Crippen LogP contribution is -2.39. The Hall–Kier alpha value is -2.95. The van der Waals surface area contributed by atoms with Gasteiger partial charge in [0.05, 0.1) is 18.1 Å². The van der Waals surface area contributed by atoms with Crippen LogP contribution in [0.15, 0.2) is 58.3 Å². The Balaban J connectivity index is 1.58. The minimum atomic E-state index is -3.75. The van der Waals surface area contributed by atoms with E-state index < -0.39 is 9.84 Å². The molecule has 10 heteroatoms. The SMILES string of the molecule is Cc1cc(Nc2nc(NCCN3CCOCC3)ccc2S(=O)(=O)c2ccccc2)n[nH]1. The van der Waals surface area contributed by atoms with Crippen molar-refractivity contribution in [3.05, 3.63) is 54.2 Å². The molecule has 1 aromatic carbocycles. The summed E-state index contributed by atoms with van der Waals surface area (Å²) in [6.07, 6.45) is 0. The first-order valence-electron chi connectivity index (χ1n) is 10.2. The van der Waals surface area contributed by atoms with Gasteiger partial charge in [-0.05, 0) is 31.2 Å².